The number of nitrogens with one attached hydrogen (secondary N) is 1. The lowest BCUT2D eigenvalue weighted by molar-refractivity contribution is -0.385. The van der Waals surface area contributed by atoms with E-state index in [9.17, 15) is 39.5 Å². The van der Waals surface area contributed by atoms with Crippen molar-refractivity contribution in [2.45, 2.75) is 32.2 Å². The molecule has 0 saturated carbocycles. The summed E-state index contributed by atoms with van der Waals surface area (Å²) >= 11 is 0. The number of Topliss-reactive ketones (excluding diaryl/α,β-unsaturated/α-hetero) is 2. The Morgan fingerprint density at radius 1 is 1.25 bits per heavy atom. The van der Waals surface area contributed by atoms with Crippen LogP contribution >= 0.6 is 0 Å². The highest BCUT2D eigenvalue weighted by Gasteiger charge is 2.56. The van der Waals surface area contributed by atoms with Crippen molar-refractivity contribution in [1.82, 2.24) is 10.2 Å². The van der Waals surface area contributed by atoms with E-state index in [1.807, 2.05) is 0 Å². The average Bonchev–Trinajstić information content (AvgIpc) is 3.20. The Hall–Kier alpha value is -5.24. The van der Waals surface area contributed by atoms with Gasteiger partial charge in [0.1, 0.15) is 39.6 Å². The van der Waals surface area contributed by atoms with Gasteiger partial charge in [-0.25, -0.2) is 4.79 Å². The van der Waals surface area contributed by atoms with Gasteiger partial charge in [-0.3, -0.25) is 24.5 Å². The van der Waals surface area contributed by atoms with Gasteiger partial charge in [-0.1, -0.05) is 18.2 Å². The van der Waals surface area contributed by atoms with Crippen LogP contribution in [0.2, 0.25) is 0 Å². The number of urea groups is 1. The second-order valence-electron chi connectivity index (χ2n) is 9.23. The molecule has 2 aromatic rings. The number of phenols is 1. The number of nitro benzene ring substituents is 1. The van der Waals surface area contributed by atoms with Crippen LogP contribution in [0, 0.1) is 10.1 Å². The Labute approximate surface area is 225 Å². The molecule has 206 valence electrons. The summed E-state index contributed by atoms with van der Waals surface area (Å²) in [5.41, 5.74) is -2.85. The van der Waals surface area contributed by atoms with E-state index in [0.717, 1.165) is 26.2 Å². The van der Waals surface area contributed by atoms with Crippen molar-refractivity contribution >= 4 is 29.2 Å². The number of aliphatic hydroxyl groups is 1. The Kier molecular flexibility index (Phi) is 6.06. The number of phenolic OH excluding ortho intramolecular Hbond substituents is 1. The lowest BCUT2D eigenvalue weighted by Crippen LogP contribution is -2.55. The third-order valence-electron chi connectivity index (χ3n) is 6.90. The van der Waals surface area contributed by atoms with Gasteiger partial charge in [0, 0.05) is 30.9 Å². The SMILES string of the molecule is COC1Oc2cc(O)c3c(c2C(=O)N1C(=O)NCc1ccccc1[N+](=O)[O-])OC1=CC(O)=C(C(C)=O)C(=O)[C@]13C. The second kappa shape index (κ2) is 9.20. The number of methoxy groups -OCH3 is 1. The maximum Gasteiger partial charge on any atom is 0.329 e. The maximum atomic E-state index is 13.7. The number of imide groups is 1. The van der Waals surface area contributed by atoms with Crippen LogP contribution in [-0.2, 0) is 26.3 Å². The number of carbonyl (C=O) groups excluding carboxylic acids is 4. The molecule has 40 heavy (non-hydrogen) atoms. The van der Waals surface area contributed by atoms with E-state index >= 15 is 0 Å². The van der Waals surface area contributed by atoms with Crippen molar-refractivity contribution in [1.29, 1.82) is 0 Å². The molecule has 0 bridgehead atoms. The largest absolute Gasteiger partial charge is 0.507 e. The number of ether oxygens (including phenoxy) is 3. The van der Waals surface area contributed by atoms with Crippen molar-refractivity contribution < 1.29 is 48.5 Å². The van der Waals surface area contributed by atoms with Gasteiger partial charge in [0.25, 0.3) is 18.0 Å². The molecule has 0 aromatic heterocycles. The van der Waals surface area contributed by atoms with Crippen molar-refractivity contribution in [2.75, 3.05) is 7.11 Å². The standard InChI is InChI=1S/C26H21N3O11/c1-11(30)18-14(31)9-17-26(2,22(18)33)20-15(32)8-16-19(21(20)40-17)23(34)28(25(38-3)39-16)24(35)27-10-12-6-4-5-7-13(12)29(36)37/h4-9,25,31-32H,10H2,1-3H3,(H,27,35)/t25?,26-/m1/s1. The number of hydrogen-bond donors (Lipinski definition) is 3. The summed E-state index contributed by atoms with van der Waals surface area (Å²) in [7, 11) is 1.16. The van der Waals surface area contributed by atoms with E-state index in [0.29, 0.717) is 4.90 Å². The van der Waals surface area contributed by atoms with Crippen molar-refractivity contribution in [2.24, 2.45) is 0 Å². The molecule has 3 N–H and O–H groups in total. The van der Waals surface area contributed by atoms with E-state index in [1.54, 1.807) is 6.07 Å². The highest BCUT2D eigenvalue weighted by atomic mass is 16.7. The predicted octanol–water partition coefficient (Wildman–Crippen LogP) is 2.49. The highest BCUT2D eigenvalue weighted by molar-refractivity contribution is 6.26. The van der Waals surface area contributed by atoms with Gasteiger partial charge in [0.05, 0.1) is 17.0 Å². The average molecular weight is 551 g/mol. The van der Waals surface area contributed by atoms with Crippen LogP contribution < -0.4 is 14.8 Å². The molecule has 5 rings (SSSR count). The topological polar surface area (TPSA) is 195 Å². The van der Waals surface area contributed by atoms with E-state index < -0.39 is 57.3 Å². The normalized spacial score (nSPS) is 21.0. The molecule has 2 atom stereocenters. The molecule has 0 saturated heterocycles. The van der Waals surface area contributed by atoms with Crippen molar-refractivity contribution in [3.8, 4) is 17.2 Å². The number of aromatic hydroxyl groups is 1. The van der Waals surface area contributed by atoms with Gasteiger partial charge in [0.15, 0.2) is 17.3 Å². The number of para-hydroxylation sites is 1. The number of aliphatic hydroxyl groups excluding tert-OH is 1. The fourth-order valence-corrected chi connectivity index (χ4v) is 4.95. The summed E-state index contributed by atoms with van der Waals surface area (Å²) in [6.07, 6.45) is -0.550. The molecular weight excluding hydrogens is 530 g/mol. The number of amides is 3. The summed E-state index contributed by atoms with van der Waals surface area (Å²) in [5.74, 6) is -4.41. The monoisotopic (exact) mass is 551 g/mol. The van der Waals surface area contributed by atoms with E-state index in [4.69, 9.17) is 14.2 Å². The van der Waals surface area contributed by atoms with Crippen LogP contribution in [0.1, 0.15) is 35.3 Å². The van der Waals surface area contributed by atoms with Crippen LogP contribution in [0.5, 0.6) is 17.2 Å². The smallest absolute Gasteiger partial charge is 0.329 e. The molecule has 3 aliphatic rings. The zero-order chi connectivity index (χ0) is 29.1. The molecule has 2 heterocycles. The third-order valence-corrected chi connectivity index (χ3v) is 6.90. The number of nitro groups is 1. The number of allylic oxidation sites excluding steroid dienone is 3. The third kappa shape index (κ3) is 3.68. The molecule has 3 amide bonds. The minimum Gasteiger partial charge on any atom is -0.507 e. The van der Waals surface area contributed by atoms with E-state index in [-0.39, 0.29) is 46.2 Å². The Bertz CT molecular complexity index is 1610. The lowest BCUT2D eigenvalue weighted by Gasteiger charge is -2.34. The van der Waals surface area contributed by atoms with Crippen LogP contribution in [0.15, 0.2) is 53.5 Å². The molecule has 0 spiro atoms. The lowest BCUT2D eigenvalue weighted by atomic mass is 9.71. The van der Waals surface area contributed by atoms with Crippen LogP contribution in [0.3, 0.4) is 0 Å². The van der Waals surface area contributed by atoms with Gasteiger partial charge in [-0.2, -0.15) is 4.90 Å². The van der Waals surface area contributed by atoms with Crippen molar-refractivity contribution in [3.63, 3.8) is 0 Å². The molecular formula is C26H21N3O11. The fraction of sp³-hybridized carbons (Fsp3) is 0.231. The van der Waals surface area contributed by atoms with Gasteiger partial charge in [-0.05, 0) is 13.8 Å². The van der Waals surface area contributed by atoms with Crippen LogP contribution in [0.25, 0.3) is 0 Å². The molecule has 14 nitrogen and oxygen atoms in total. The number of nitrogens with zero attached hydrogens (tertiary/aromatic N) is 2. The molecule has 2 aromatic carbocycles. The second-order valence-corrected chi connectivity index (χ2v) is 9.23. The zero-order valence-corrected chi connectivity index (χ0v) is 21.2. The molecule has 0 fully saturated rings. The zero-order valence-electron chi connectivity index (χ0n) is 21.2. The predicted molar refractivity (Wildman–Crippen MR) is 132 cm³/mol. The quantitative estimate of drug-likeness (QED) is 0.281. The first-order chi connectivity index (χ1) is 18.9. The number of ketones is 2. The highest BCUT2D eigenvalue weighted by Crippen LogP contribution is 2.57. The summed E-state index contributed by atoms with van der Waals surface area (Å²) in [5, 5.41) is 34.9. The van der Waals surface area contributed by atoms with E-state index in [1.165, 1.54) is 25.1 Å². The first-order valence-electron chi connectivity index (χ1n) is 11.7. The van der Waals surface area contributed by atoms with Gasteiger partial charge < -0.3 is 29.7 Å². The number of fused-ring (bicyclic) bond motifs is 5. The van der Waals surface area contributed by atoms with Crippen molar-refractivity contribution in [3.05, 3.63) is 80.3 Å². The molecule has 14 heteroatoms. The number of carbonyl (C=O) groups is 4. The summed E-state index contributed by atoms with van der Waals surface area (Å²) in [6, 6.07) is 5.73. The van der Waals surface area contributed by atoms with Gasteiger partial charge in [-0.15, -0.1) is 0 Å². The number of rotatable bonds is 5. The first-order valence-corrected chi connectivity index (χ1v) is 11.7. The molecule has 1 aliphatic carbocycles. The van der Waals surface area contributed by atoms with Crippen LogP contribution in [-0.4, -0.2) is 57.1 Å². The Morgan fingerprint density at radius 3 is 2.60 bits per heavy atom. The van der Waals surface area contributed by atoms with E-state index in [2.05, 4.69) is 5.32 Å². The Morgan fingerprint density at radius 2 is 1.95 bits per heavy atom. The maximum absolute atomic E-state index is 13.7. The van der Waals surface area contributed by atoms with Gasteiger partial charge >= 0.3 is 6.03 Å². The summed E-state index contributed by atoms with van der Waals surface area (Å²) in [4.78, 5) is 63.6. The Balaban J connectivity index is 1.54. The molecule has 1 unspecified atom stereocenters. The van der Waals surface area contributed by atoms with Crippen LogP contribution in [0.4, 0.5) is 10.5 Å². The minimum atomic E-state index is -1.78. The minimum absolute atomic E-state index is 0.159. The fourth-order valence-electron chi connectivity index (χ4n) is 4.95. The number of benzene rings is 2. The van der Waals surface area contributed by atoms with Gasteiger partial charge in [0.2, 0.25) is 0 Å². The molecule has 2 aliphatic heterocycles. The number of hydrogen-bond acceptors (Lipinski definition) is 11. The summed E-state index contributed by atoms with van der Waals surface area (Å²) < 4.78 is 16.6. The molecule has 0 radical (unpaired) electrons. The first kappa shape index (κ1) is 26.4. The summed E-state index contributed by atoms with van der Waals surface area (Å²) in [6.45, 7) is 2.14.